The largest absolute Gasteiger partial charge is 0.493 e. The highest BCUT2D eigenvalue weighted by atomic mass is 32.2. The second-order valence-corrected chi connectivity index (χ2v) is 7.87. The first-order chi connectivity index (χ1) is 13.6. The molecule has 1 amide bonds. The molecule has 0 unspecified atom stereocenters. The SMILES string of the molecule is CCn1c(COc2ccccc2OC)nnc1S[C@@H](C)C(=O)Nc1nccs1. The highest BCUT2D eigenvalue weighted by Crippen LogP contribution is 2.28. The molecule has 1 atom stereocenters. The lowest BCUT2D eigenvalue weighted by Crippen LogP contribution is -2.22. The quantitative estimate of drug-likeness (QED) is 0.531. The molecule has 0 fully saturated rings. The molecular weight excluding hydrogens is 398 g/mol. The molecule has 1 N–H and O–H groups in total. The summed E-state index contributed by atoms with van der Waals surface area (Å²) in [4.78, 5) is 16.4. The third-order valence-corrected chi connectivity index (χ3v) is 5.62. The second-order valence-electron chi connectivity index (χ2n) is 5.67. The van der Waals surface area contributed by atoms with E-state index in [0.29, 0.717) is 34.2 Å². The Morgan fingerprint density at radius 2 is 2.11 bits per heavy atom. The van der Waals surface area contributed by atoms with Gasteiger partial charge in [0.2, 0.25) is 5.91 Å². The van der Waals surface area contributed by atoms with Crippen LogP contribution in [0, 0.1) is 0 Å². The molecule has 0 aliphatic heterocycles. The third-order valence-electron chi connectivity index (χ3n) is 3.85. The highest BCUT2D eigenvalue weighted by Gasteiger charge is 2.20. The molecule has 0 radical (unpaired) electrons. The fraction of sp³-hybridized carbons (Fsp3) is 0.333. The van der Waals surface area contributed by atoms with Crippen molar-refractivity contribution in [3.8, 4) is 11.5 Å². The fourth-order valence-corrected chi connectivity index (χ4v) is 3.88. The fourth-order valence-electron chi connectivity index (χ4n) is 2.41. The Balaban J connectivity index is 1.65. The molecule has 3 aromatic rings. The normalized spacial score (nSPS) is 11.8. The van der Waals surface area contributed by atoms with Crippen molar-refractivity contribution < 1.29 is 14.3 Å². The summed E-state index contributed by atoms with van der Waals surface area (Å²) in [6.45, 7) is 4.75. The molecule has 1 aromatic carbocycles. The van der Waals surface area contributed by atoms with Crippen molar-refractivity contribution in [3.05, 3.63) is 41.7 Å². The molecule has 10 heteroatoms. The van der Waals surface area contributed by atoms with Gasteiger partial charge in [0.05, 0.1) is 12.4 Å². The van der Waals surface area contributed by atoms with E-state index in [0.717, 1.165) is 0 Å². The number of aromatic nitrogens is 4. The molecule has 8 nitrogen and oxygen atoms in total. The highest BCUT2D eigenvalue weighted by molar-refractivity contribution is 8.00. The molecular formula is C18H21N5O3S2. The maximum Gasteiger partial charge on any atom is 0.239 e. The Morgan fingerprint density at radius 3 is 2.79 bits per heavy atom. The van der Waals surface area contributed by atoms with Crippen LogP contribution in [0.2, 0.25) is 0 Å². The van der Waals surface area contributed by atoms with E-state index in [9.17, 15) is 4.79 Å². The second kappa shape index (κ2) is 9.56. The molecule has 0 aliphatic carbocycles. The number of nitrogens with one attached hydrogen (secondary N) is 1. The molecule has 2 aromatic heterocycles. The number of benzene rings is 1. The number of hydrogen-bond donors (Lipinski definition) is 1. The summed E-state index contributed by atoms with van der Waals surface area (Å²) in [5.74, 6) is 1.86. The van der Waals surface area contributed by atoms with Gasteiger partial charge in [-0.1, -0.05) is 23.9 Å². The van der Waals surface area contributed by atoms with Gasteiger partial charge in [0.25, 0.3) is 0 Å². The number of methoxy groups -OCH3 is 1. The van der Waals surface area contributed by atoms with Crippen LogP contribution in [0.4, 0.5) is 5.13 Å². The van der Waals surface area contributed by atoms with E-state index in [2.05, 4.69) is 20.5 Å². The Bertz CT molecular complexity index is 914. The first-order valence-electron chi connectivity index (χ1n) is 8.67. The predicted octanol–water partition coefficient (Wildman–Crippen LogP) is 3.46. The maximum atomic E-state index is 12.3. The minimum atomic E-state index is -0.346. The van der Waals surface area contributed by atoms with Crippen LogP contribution in [0.1, 0.15) is 19.7 Å². The maximum absolute atomic E-state index is 12.3. The molecule has 28 heavy (non-hydrogen) atoms. The number of thioether (sulfide) groups is 1. The van der Waals surface area contributed by atoms with Crippen LogP contribution < -0.4 is 14.8 Å². The van der Waals surface area contributed by atoms with Gasteiger partial charge in [-0.05, 0) is 26.0 Å². The van der Waals surface area contributed by atoms with Crippen molar-refractivity contribution in [2.24, 2.45) is 0 Å². The van der Waals surface area contributed by atoms with Crippen LogP contribution in [0.25, 0.3) is 0 Å². The number of carbonyl (C=O) groups is 1. The first-order valence-corrected chi connectivity index (χ1v) is 10.4. The van der Waals surface area contributed by atoms with Crippen molar-refractivity contribution in [1.82, 2.24) is 19.7 Å². The molecule has 0 bridgehead atoms. The molecule has 3 rings (SSSR count). The van der Waals surface area contributed by atoms with Crippen LogP contribution in [0.3, 0.4) is 0 Å². The van der Waals surface area contributed by atoms with E-state index < -0.39 is 0 Å². The van der Waals surface area contributed by atoms with E-state index in [1.807, 2.05) is 48.1 Å². The van der Waals surface area contributed by atoms with Gasteiger partial charge in [-0.25, -0.2) is 4.98 Å². The van der Waals surface area contributed by atoms with Crippen molar-refractivity contribution in [3.63, 3.8) is 0 Å². The van der Waals surface area contributed by atoms with Crippen LogP contribution in [-0.4, -0.2) is 38.0 Å². The van der Waals surface area contributed by atoms with Crippen molar-refractivity contribution >= 4 is 34.1 Å². The van der Waals surface area contributed by atoms with Gasteiger partial charge in [0.15, 0.2) is 27.6 Å². The smallest absolute Gasteiger partial charge is 0.239 e. The summed E-state index contributed by atoms with van der Waals surface area (Å²) in [5, 5.41) is 14.0. The standard InChI is InChI=1S/C18H21N5O3S2/c1-4-23-15(11-26-14-8-6-5-7-13(14)25-3)21-22-18(23)28-12(2)16(24)20-17-19-9-10-27-17/h5-10,12H,4,11H2,1-3H3,(H,19,20,24)/t12-/m0/s1. The number of hydrogen-bond acceptors (Lipinski definition) is 8. The van der Waals surface area contributed by atoms with E-state index in [4.69, 9.17) is 9.47 Å². The van der Waals surface area contributed by atoms with Crippen LogP contribution >= 0.6 is 23.1 Å². The van der Waals surface area contributed by atoms with Crippen LogP contribution in [0.5, 0.6) is 11.5 Å². The lowest BCUT2D eigenvalue weighted by molar-refractivity contribution is -0.115. The Kier molecular flexibility index (Phi) is 6.88. The average Bonchev–Trinajstić information content (AvgIpc) is 3.36. The molecule has 0 aliphatic rings. The van der Waals surface area contributed by atoms with Gasteiger partial charge >= 0.3 is 0 Å². The van der Waals surface area contributed by atoms with Gasteiger partial charge in [-0.15, -0.1) is 21.5 Å². The average molecular weight is 420 g/mol. The summed E-state index contributed by atoms with van der Waals surface area (Å²) < 4.78 is 13.1. The lowest BCUT2D eigenvalue weighted by atomic mass is 10.3. The monoisotopic (exact) mass is 419 g/mol. The van der Waals surface area contributed by atoms with E-state index in [1.54, 1.807) is 13.3 Å². The molecule has 2 heterocycles. The number of rotatable bonds is 9. The Labute approximate surface area is 171 Å². The van der Waals surface area contributed by atoms with Gasteiger partial charge in [-0.2, -0.15) is 0 Å². The first kappa shape index (κ1) is 20.2. The van der Waals surface area contributed by atoms with E-state index >= 15 is 0 Å². The summed E-state index contributed by atoms with van der Waals surface area (Å²) >= 11 is 2.73. The zero-order chi connectivity index (χ0) is 19.9. The van der Waals surface area contributed by atoms with Crippen LogP contribution in [-0.2, 0) is 17.9 Å². The summed E-state index contributed by atoms with van der Waals surface area (Å²) in [6, 6.07) is 7.44. The van der Waals surface area contributed by atoms with Crippen LogP contribution in [0.15, 0.2) is 41.0 Å². The number of ether oxygens (including phenoxy) is 2. The molecule has 0 spiro atoms. The summed E-state index contributed by atoms with van der Waals surface area (Å²) in [5.41, 5.74) is 0. The number of amides is 1. The number of para-hydroxylation sites is 2. The van der Waals surface area contributed by atoms with E-state index in [-0.39, 0.29) is 17.8 Å². The summed E-state index contributed by atoms with van der Waals surface area (Å²) in [7, 11) is 1.60. The minimum absolute atomic E-state index is 0.127. The van der Waals surface area contributed by atoms with E-state index in [1.165, 1.54) is 23.1 Å². The van der Waals surface area contributed by atoms with Crippen molar-refractivity contribution in [2.75, 3.05) is 12.4 Å². The van der Waals surface area contributed by atoms with Gasteiger partial charge in [-0.3, -0.25) is 4.79 Å². The number of carbonyl (C=O) groups excluding carboxylic acids is 1. The van der Waals surface area contributed by atoms with Crippen molar-refractivity contribution in [1.29, 1.82) is 0 Å². The minimum Gasteiger partial charge on any atom is -0.493 e. The van der Waals surface area contributed by atoms with Gasteiger partial charge in [0, 0.05) is 18.1 Å². The van der Waals surface area contributed by atoms with Crippen molar-refractivity contribution in [2.45, 2.75) is 37.4 Å². The molecule has 148 valence electrons. The third kappa shape index (κ3) is 4.82. The number of nitrogens with zero attached hydrogens (tertiary/aromatic N) is 4. The zero-order valence-electron chi connectivity index (χ0n) is 15.8. The number of anilines is 1. The van der Waals surface area contributed by atoms with Gasteiger partial charge in [0.1, 0.15) is 6.61 Å². The Morgan fingerprint density at radius 1 is 1.32 bits per heavy atom. The topological polar surface area (TPSA) is 91.2 Å². The molecule has 0 saturated heterocycles. The summed E-state index contributed by atoms with van der Waals surface area (Å²) in [6.07, 6.45) is 1.65. The Hall–Kier alpha value is -2.59. The van der Waals surface area contributed by atoms with Gasteiger partial charge < -0.3 is 19.4 Å². The zero-order valence-corrected chi connectivity index (χ0v) is 17.4. The lowest BCUT2D eigenvalue weighted by Gasteiger charge is -2.13. The number of thiazole rings is 1. The predicted molar refractivity (Wildman–Crippen MR) is 109 cm³/mol. The molecule has 0 saturated carbocycles.